The minimum absolute atomic E-state index is 0.359. The van der Waals surface area contributed by atoms with Crippen molar-refractivity contribution in [3.05, 3.63) is 58.6 Å². The summed E-state index contributed by atoms with van der Waals surface area (Å²) in [5, 5.41) is 11.4. The SMILES string of the molecule is O[C@H](CSc1ccc(Cl)c(Cl)c1)CN1CCN(c2ccccc2)CC1. The minimum atomic E-state index is -0.359. The van der Waals surface area contributed by atoms with E-state index in [4.69, 9.17) is 23.2 Å². The average Bonchev–Trinajstić information content (AvgIpc) is 2.64. The quantitative estimate of drug-likeness (QED) is 0.737. The Morgan fingerprint density at radius 2 is 1.68 bits per heavy atom. The zero-order valence-electron chi connectivity index (χ0n) is 13.9. The largest absolute Gasteiger partial charge is 0.391 e. The predicted octanol–water partition coefficient (Wildman–Crippen LogP) is 4.27. The molecule has 3 rings (SSSR count). The molecule has 1 fully saturated rings. The number of benzene rings is 2. The molecule has 134 valence electrons. The molecule has 1 atom stereocenters. The van der Waals surface area contributed by atoms with Crippen LogP contribution < -0.4 is 4.90 Å². The van der Waals surface area contributed by atoms with Crippen molar-refractivity contribution in [1.29, 1.82) is 0 Å². The van der Waals surface area contributed by atoms with Crippen molar-refractivity contribution < 1.29 is 5.11 Å². The maximum Gasteiger partial charge on any atom is 0.0760 e. The van der Waals surface area contributed by atoms with Gasteiger partial charge in [0.25, 0.3) is 0 Å². The topological polar surface area (TPSA) is 26.7 Å². The highest BCUT2D eigenvalue weighted by Gasteiger charge is 2.19. The standard InChI is InChI=1S/C19H22Cl2N2OS/c20-18-7-6-17(12-19(18)21)25-14-16(24)13-22-8-10-23(11-9-22)15-4-2-1-3-5-15/h1-7,12,16,24H,8-11,13-14H2/t16-/m0/s1. The number of thioether (sulfide) groups is 1. The van der Waals surface area contributed by atoms with E-state index in [-0.39, 0.29) is 6.10 Å². The number of aliphatic hydroxyl groups excluding tert-OH is 1. The first-order valence-corrected chi connectivity index (χ1v) is 10.1. The molecule has 0 saturated carbocycles. The van der Waals surface area contributed by atoms with Crippen LogP contribution in [0.25, 0.3) is 0 Å². The highest BCUT2D eigenvalue weighted by Crippen LogP contribution is 2.28. The molecule has 0 spiro atoms. The van der Waals surface area contributed by atoms with Crippen LogP contribution in [-0.2, 0) is 0 Å². The lowest BCUT2D eigenvalue weighted by molar-refractivity contribution is 0.126. The van der Waals surface area contributed by atoms with E-state index in [0.29, 0.717) is 22.3 Å². The van der Waals surface area contributed by atoms with Crippen LogP contribution in [0, 0.1) is 0 Å². The van der Waals surface area contributed by atoms with E-state index in [1.165, 1.54) is 5.69 Å². The molecule has 25 heavy (non-hydrogen) atoms. The molecule has 2 aromatic rings. The number of hydrogen-bond donors (Lipinski definition) is 1. The number of piperazine rings is 1. The third-order valence-electron chi connectivity index (χ3n) is 4.30. The maximum absolute atomic E-state index is 10.3. The van der Waals surface area contributed by atoms with E-state index in [9.17, 15) is 5.11 Å². The number of nitrogens with zero attached hydrogens (tertiary/aromatic N) is 2. The van der Waals surface area contributed by atoms with Gasteiger partial charge in [-0.05, 0) is 30.3 Å². The molecule has 3 nitrogen and oxygen atoms in total. The van der Waals surface area contributed by atoms with Gasteiger partial charge in [-0.3, -0.25) is 4.90 Å². The fraction of sp³-hybridized carbons (Fsp3) is 0.368. The Bertz CT molecular complexity index is 678. The lowest BCUT2D eigenvalue weighted by atomic mass is 10.2. The first-order valence-electron chi connectivity index (χ1n) is 8.40. The highest BCUT2D eigenvalue weighted by molar-refractivity contribution is 7.99. The molecule has 0 unspecified atom stereocenters. The van der Waals surface area contributed by atoms with E-state index >= 15 is 0 Å². The zero-order valence-corrected chi connectivity index (χ0v) is 16.3. The molecular weight excluding hydrogens is 375 g/mol. The molecule has 1 aliphatic rings. The van der Waals surface area contributed by atoms with Gasteiger partial charge in [-0.15, -0.1) is 11.8 Å². The number of rotatable bonds is 6. The Kier molecular flexibility index (Phi) is 6.91. The minimum Gasteiger partial charge on any atom is -0.391 e. The molecule has 1 saturated heterocycles. The van der Waals surface area contributed by atoms with E-state index in [1.54, 1.807) is 17.8 Å². The number of halogens is 2. The molecular formula is C19H22Cl2N2OS. The van der Waals surface area contributed by atoms with E-state index < -0.39 is 0 Å². The molecule has 2 aromatic carbocycles. The summed E-state index contributed by atoms with van der Waals surface area (Å²) in [6.07, 6.45) is -0.359. The van der Waals surface area contributed by atoms with E-state index in [0.717, 1.165) is 31.1 Å². The van der Waals surface area contributed by atoms with E-state index in [2.05, 4.69) is 34.1 Å². The van der Waals surface area contributed by atoms with Gasteiger partial charge < -0.3 is 10.0 Å². The number of aliphatic hydroxyl groups is 1. The summed E-state index contributed by atoms with van der Waals surface area (Å²) in [5.74, 6) is 0.650. The summed E-state index contributed by atoms with van der Waals surface area (Å²) in [6.45, 7) is 4.65. The fourth-order valence-electron chi connectivity index (χ4n) is 2.94. The van der Waals surface area contributed by atoms with Crippen molar-refractivity contribution in [2.75, 3.05) is 43.4 Å². The van der Waals surface area contributed by atoms with Gasteiger partial charge in [0.15, 0.2) is 0 Å². The molecule has 0 aliphatic carbocycles. The molecule has 0 amide bonds. The van der Waals surface area contributed by atoms with Crippen LogP contribution in [0.1, 0.15) is 0 Å². The van der Waals surface area contributed by atoms with Crippen molar-refractivity contribution in [3.63, 3.8) is 0 Å². The summed E-state index contributed by atoms with van der Waals surface area (Å²) >= 11 is 13.6. The summed E-state index contributed by atoms with van der Waals surface area (Å²) in [7, 11) is 0. The van der Waals surface area contributed by atoms with Crippen molar-refractivity contribution in [3.8, 4) is 0 Å². The Morgan fingerprint density at radius 3 is 2.36 bits per heavy atom. The molecule has 1 aliphatic heterocycles. The van der Waals surface area contributed by atoms with Crippen LogP contribution >= 0.6 is 35.0 Å². The van der Waals surface area contributed by atoms with Gasteiger partial charge in [-0.25, -0.2) is 0 Å². The van der Waals surface area contributed by atoms with Gasteiger partial charge in [-0.2, -0.15) is 0 Å². The van der Waals surface area contributed by atoms with Gasteiger partial charge >= 0.3 is 0 Å². The lowest BCUT2D eigenvalue weighted by Gasteiger charge is -2.36. The van der Waals surface area contributed by atoms with Crippen molar-refractivity contribution in [1.82, 2.24) is 4.90 Å². The molecule has 0 bridgehead atoms. The Balaban J connectivity index is 1.41. The Labute approximate surface area is 163 Å². The van der Waals surface area contributed by atoms with Gasteiger partial charge in [0.05, 0.1) is 16.1 Å². The number of para-hydroxylation sites is 1. The van der Waals surface area contributed by atoms with Crippen LogP contribution in [0.5, 0.6) is 0 Å². The van der Waals surface area contributed by atoms with Crippen molar-refractivity contribution in [2.24, 2.45) is 0 Å². The fourth-order valence-corrected chi connectivity index (χ4v) is 4.16. The van der Waals surface area contributed by atoms with Crippen molar-refractivity contribution >= 4 is 40.7 Å². The monoisotopic (exact) mass is 396 g/mol. The summed E-state index contributed by atoms with van der Waals surface area (Å²) in [4.78, 5) is 5.76. The summed E-state index contributed by atoms with van der Waals surface area (Å²) < 4.78 is 0. The molecule has 0 aromatic heterocycles. The van der Waals surface area contributed by atoms with Gasteiger partial charge in [-0.1, -0.05) is 41.4 Å². The van der Waals surface area contributed by atoms with Crippen LogP contribution in [0.3, 0.4) is 0 Å². The number of β-amino-alcohol motifs (C(OH)–C–C–N with tert-alkyl or cyclic N) is 1. The third kappa shape index (κ3) is 5.53. The zero-order chi connectivity index (χ0) is 17.6. The third-order valence-corrected chi connectivity index (χ3v) is 6.17. The van der Waals surface area contributed by atoms with E-state index in [1.807, 2.05) is 18.2 Å². The van der Waals surface area contributed by atoms with Crippen molar-refractivity contribution in [2.45, 2.75) is 11.0 Å². The van der Waals surface area contributed by atoms with Crippen LogP contribution in [0.15, 0.2) is 53.4 Å². The lowest BCUT2D eigenvalue weighted by Crippen LogP contribution is -2.48. The number of anilines is 1. The second-order valence-electron chi connectivity index (χ2n) is 6.16. The summed E-state index contributed by atoms with van der Waals surface area (Å²) in [6, 6.07) is 16.1. The highest BCUT2D eigenvalue weighted by atomic mass is 35.5. The van der Waals surface area contributed by atoms with Crippen LogP contribution in [-0.4, -0.2) is 54.6 Å². The second kappa shape index (κ2) is 9.15. The second-order valence-corrected chi connectivity index (χ2v) is 8.07. The maximum atomic E-state index is 10.3. The summed E-state index contributed by atoms with van der Waals surface area (Å²) in [5.41, 5.74) is 1.28. The van der Waals surface area contributed by atoms with Gasteiger partial charge in [0.2, 0.25) is 0 Å². The normalized spacial score (nSPS) is 16.8. The first-order chi connectivity index (χ1) is 12.1. The first kappa shape index (κ1) is 18.9. The van der Waals surface area contributed by atoms with Gasteiger partial charge in [0, 0.05) is 49.1 Å². The molecule has 0 radical (unpaired) electrons. The molecule has 1 N–H and O–H groups in total. The smallest absolute Gasteiger partial charge is 0.0760 e. The molecule has 6 heteroatoms. The average molecular weight is 397 g/mol. The number of hydrogen-bond acceptors (Lipinski definition) is 4. The Morgan fingerprint density at radius 1 is 0.960 bits per heavy atom. The molecule has 1 heterocycles. The van der Waals surface area contributed by atoms with Crippen LogP contribution in [0.4, 0.5) is 5.69 Å². The predicted molar refractivity (Wildman–Crippen MR) is 108 cm³/mol. The van der Waals surface area contributed by atoms with Gasteiger partial charge in [0.1, 0.15) is 0 Å². The Hall–Kier alpha value is -0.910. The van der Waals surface area contributed by atoms with Crippen LogP contribution in [0.2, 0.25) is 10.0 Å².